The van der Waals surface area contributed by atoms with E-state index in [4.69, 9.17) is 18.9 Å². The third kappa shape index (κ3) is 5.04. The van der Waals surface area contributed by atoms with Crippen LogP contribution in [0.4, 0.5) is 0 Å². The quantitative estimate of drug-likeness (QED) is 0.730. The van der Waals surface area contributed by atoms with Crippen molar-refractivity contribution < 1.29 is 28.5 Å². The van der Waals surface area contributed by atoms with Crippen molar-refractivity contribution >= 4 is 11.9 Å². The monoisotopic (exact) mass is 339 g/mol. The fourth-order valence-corrected chi connectivity index (χ4v) is 1.86. The maximum atomic E-state index is 12.2. The van der Waals surface area contributed by atoms with Crippen LogP contribution in [0.3, 0.4) is 0 Å². The van der Waals surface area contributed by atoms with Crippen LogP contribution in [0.15, 0.2) is 12.1 Å². The van der Waals surface area contributed by atoms with Crippen molar-refractivity contribution in [3.63, 3.8) is 0 Å². The van der Waals surface area contributed by atoms with Crippen LogP contribution in [0.5, 0.6) is 17.2 Å². The van der Waals surface area contributed by atoms with Gasteiger partial charge in [-0.1, -0.05) is 13.8 Å². The van der Waals surface area contributed by atoms with Gasteiger partial charge in [0.15, 0.2) is 18.1 Å². The molecule has 0 unspecified atom stereocenters. The van der Waals surface area contributed by atoms with Gasteiger partial charge in [0.25, 0.3) is 5.91 Å². The second-order valence-corrected chi connectivity index (χ2v) is 5.58. The van der Waals surface area contributed by atoms with E-state index in [0.717, 1.165) is 0 Å². The molecule has 0 aliphatic carbocycles. The Kier molecular flexibility index (Phi) is 7.35. The van der Waals surface area contributed by atoms with Crippen LogP contribution >= 0.6 is 0 Å². The summed E-state index contributed by atoms with van der Waals surface area (Å²) >= 11 is 0. The Morgan fingerprint density at radius 3 is 2.00 bits per heavy atom. The van der Waals surface area contributed by atoms with E-state index in [1.165, 1.54) is 33.5 Å². The van der Waals surface area contributed by atoms with Crippen LogP contribution in [-0.4, -0.2) is 45.9 Å². The van der Waals surface area contributed by atoms with Crippen LogP contribution < -0.4 is 19.5 Å². The first kappa shape index (κ1) is 19.6. The lowest BCUT2D eigenvalue weighted by atomic mass is 10.1. The second kappa shape index (κ2) is 9.00. The molecule has 1 aromatic rings. The number of carbonyl (C=O) groups is 2. The van der Waals surface area contributed by atoms with Gasteiger partial charge in [-0.15, -0.1) is 0 Å². The second-order valence-electron chi connectivity index (χ2n) is 5.58. The summed E-state index contributed by atoms with van der Waals surface area (Å²) in [4.78, 5) is 24.0. The van der Waals surface area contributed by atoms with Gasteiger partial charge in [0.05, 0.1) is 21.3 Å². The third-order valence-corrected chi connectivity index (χ3v) is 3.65. The zero-order valence-electron chi connectivity index (χ0n) is 15.0. The van der Waals surface area contributed by atoms with Gasteiger partial charge in [-0.2, -0.15) is 0 Å². The molecule has 1 N–H and O–H groups in total. The number of amides is 1. The molecule has 0 bridgehead atoms. The van der Waals surface area contributed by atoms with Gasteiger partial charge in [-0.3, -0.25) is 4.79 Å². The van der Waals surface area contributed by atoms with E-state index in [1.54, 1.807) is 0 Å². The smallest absolute Gasteiger partial charge is 0.342 e. The summed E-state index contributed by atoms with van der Waals surface area (Å²) in [5.41, 5.74) is 0.153. The number of benzene rings is 1. The molecule has 7 nitrogen and oxygen atoms in total. The van der Waals surface area contributed by atoms with E-state index in [-0.39, 0.29) is 35.8 Å². The molecule has 1 atom stereocenters. The molecular weight excluding hydrogens is 314 g/mol. The Morgan fingerprint density at radius 2 is 1.50 bits per heavy atom. The van der Waals surface area contributed by atoms with Gasteiger partial charge < -0.3 is 24.3 Å². The lowest BCUT2D eigenvalue weighted by Crippen LogP contribution is -2.38. The van der Waals surface area contributed by atoms with E-state index in [9.17, 15) is 9.59 Å². The number of methoxy groups -OCH3 is 3. The molecule has 0 saturated heterocycles. The molecule has 1 rings (SSSR count). The Bertz CT molecular complexity index is 585. The van der Waals surface area contributed by atoms with Gasteiger partial charge in [-0.05, 0) is 12.8 Å². The van der Waals surface area contributed by atoms with Gasteiger partial charge in [0.2, 0.25) is 0 Å². The number of rotatable bonds is 8. The summed E-state index contributed by atoms with van der Waals surface area (Å²) in [5.74, 6) is 0.311. The van der Waals surface area contributed by atoms with Crippen molar-refractivity contribution in [1.29, 1.82) is 0 Å². The van der Waals surface area contributed by atoms with Crippen molar-refractivity contribution in [1.82, 2.24) is 5.32 Å². The van der Waals surface area contributed by atoms with Gasteiger partial charge in [0.1, 0.15) is 11.3 Å². The average Bonchev–Trinajstić information content (AvgIpc) is 2.57. The first-order valence-corrected chi connectivity index (χ1v) is 7.60. The first-order chi connectivity index (χ1) is 11.3. The summed E-state index contributed by atoms with van der Waals surface area (Å²) in [6.45, 7) is 5.51. The van der Waals surface area contributed by atoms with E-state index in [0.29, 0.717) is 11.5 Å². The van der Waals surface area contributed by atoms with E-state index < -0.39 is 5.97 Å². The molecule has 0 heterocycles. The molecule has 1 aromatic carbocycles. The van der Waals surface area contributed by atoms with E-state index >= 15 is 0 Å². The van der Waals surface area contributed by atoms with Gasteiger partial charge in [-0.25, -0.2) is 4.79 Å². The van der Waals surface area contributed by atoms with Crippen molar-refractivity contribution in [3.8, 4) is 17.2 Å². The van der Waals surface area contributed by atoms with Crippen LogP contribution in [-0.2, 0) is 9.53 Å². The molecule has 134 valence electrons. The molecule has 0 aromatic heterocycles. The first-order valence-electron chi connectivity index (χ1n) is 7.60. The van der Waals surface area contributed by atoms with Crippen molar-refractivity contribution in [3.05, 3.63) is 17.7 Å². The Hall–Kier alpha value is -2.44. The number of esters is 1. The number of hydrogen-bond donors (Lipinski definition) is 1. The highest BCUT2D eigenvalue weighted by molar-refractivity contribution is 5.95. The summed E-state index contributed by atoms with van der Waals surface area (Å²) in [5, 5.41) is 2.76. The lowest BCUT2D eigenvalue weighted by molar-refractivity contribution is -0.125. The molecule has 0 aliphatic rings. The highest BCUT2D eigenvalue weighted by atomic mass is 16.5. The molecule has 1 amide bonds. The highest BCUT2D eigenvalue weighted by Crippen LogP contribution is 2.34. The average molecular weight is 339 g/mol. The SMILES string of the molecule is COc1cc(OC)c(C(=O)OCC(=O)N[C@H](C)C(C)C)cc1OC. The zero-order chi connectivity index (χ0) is 18.3. The number of carbonyl (C=O) groups excluding carboxylic acids is 2. The van der Waals surface area contributed by atoms with Gasteiger partial charge >= 0.3 is 5.97 Å². The summed E-state index contributed by atoms with van der Waals surface area (Å²) in [7, 11) is 4.37. The minimum absolute atomic E-state index is 0.00758. The van der Waals surface area contributed by atoms with E-state index in [1.807, 2.05) is 20.8 Å². The molecule has 24 heavy (non-hydrogen) atoms. The fourth-order valence-electron chi connectivity index (χ4n) is 1.86. The number of nitrogens with one attached hydrogen (secondary N) is 1. The lowest BCUT2D eigenvalue weighted by Gasteiger charge is -2.17. The van der Waals surface area contributed by atoms with Crippen LogP contribution in [0.25, 0.3) is 0 Å². The van der Waals surface area contributed by atoms with Crippen LogP contribution in [0, 0.1) is 5.92 Å². The standard InChI is InChI=1S/C17H25NO6/c1-10(2)11(3)18-16(19)9-24-17(20)12-7-14(22-5)15(23-6)8-13(12)21-4/h7-8,10-11H,9H2,1-6H3,(H,18,19)/t11-/m1/s1. The van der Waals surface area contributed by atoms with Crippen LogP contribution in [0.1, 0.15) is 31.1 Å². The largest absolute Gasteiger partial charge is 0.496 e. The molecule has 7 heteroatoms. The minimum Gasteiger partial charge on any atom is -0.496 e. The maximum absolute atomic E-state index is 12.2. The molecule has 0 radical (unpaired) electrons. The predicted octanol–water partition coefficient (Wildman–Crippen LogP) is 2.03. The number of ether oxygens (including phenoxy) is 4. The zero-order valence-corrected chi connectivity index (χ0v) is 15.0. The van der Waals surface area contributed by atoms with Gasteiger partial charge in [0, 0.05) is 18.2 Å². The van der Waals surface area contributed by atoms with Crippen molar-refractivity contribution in [2.45, 2.75) is 26.8 Å². The summed E-state index contributed by atoms with van der Waals surface area (Å²) in [6, 6.07) is 2.97. The fraction of sp³-hybridized carbons (Fsp3) is 0.529. The highest BCUT2D eigenvalue weighted by Gasteiger charge is 2.20. The molecule has 0 saturated carbocycles. The Labute approximate surface area is 142 Å². The molecule has 0 aliphatic heterocycles. The Morgan fingerprint density at radius 1 is 0.958 bits per heavy atom. The molecule has 0 spiro atoms. The minimum atomic E-state index is -0.680. The molecular formula is C17H25NO6. The van der Waals surface area contributed by atoms with Crippen molar-refractivity contribution in [2.24, 2.45) is 5.92 Å². The predicted molar refractivity (Wildman–Crippen MR) is 88.8 cm³/mol. The van der Waals surface area contributed by atoms with Crippen LogP contribution in [0.2, 0.25) is 0 Å². The van der Waals surface area contributed by atoms with E-state index in [2.05, 4.69) is 5.32 Å². The summed E-state index contributed by atoms with van der Waals surface area (Å²) in [6.07, 6.45) is 0. The number of hydrogen-bond acceptors (Lipinski definition) is 6. The topological polar surface area (TPSA) is 83.1 Å². The third-order valence-electron chi connectivity index (χ3n) is 3.65. The Balaban J connectivity index is 2.82. The summed E-state index contributed by atoms with van der Waals surface area (Å²) < 4.78 is 20.6. The maximum Gasteiger partial charge on any atom is 0.342 e. The van der Waals surface area contributed by atoms with Crippen molar-refractivity contribution in [2.75, 3.05) is 27.9 Å². The normalized spacial score (nSPS) is 11.6. The molecule has 0 fully saturated rings.